The quantitative estimate of drug-likeness (QED) is 0.340. The van der Waals surface area contributed by atoms with Gasteiger partial charge in [-0.2, -0.15) is 0 Å². The number of rotatable bonds is 6. The van der Waals surface area contributed by atoms with Gasteiger partial charge in [0.2, 0.25) is 0 Å². The summed E-state index contributed by atoms with van der Waals surface area (Å²) in [5.41, 5.74) is 7.42. The van der Waals surface area contributed by atoms with E-state index in [1.165, 1.54) is 10.8 Å². The van der Waals surface area contributed by atoms with Crippen molar-refractivity contribution in [3.63, 3.8) is 0 Å². The second-order valence-corrected chi connectivity index (χ2v) is 8.79. The van der Waals surface area contributed by atoms with Crippen molar-refractivity contribution in [1.82, 2.24) is 25.7 Å². The van der Waals surface area contributed by atoms with Crippen LogP contribution in [-0.2, 0) is 0 Å². The van der Waals surface area contributed by atoms with E-state index in [2.05, 4.69) is 95.1 Å². The Labute approximate surface area is 196 Å². The molecular formula is C26H33N7. The molecule has 0 spiro atoms. The normalized spacial score (nSPS) is 15.7. The maximum absolute atomic E-state index is 4.85. The van der Waals surface area contributed by atoms with Crippen molar-refractivity contribution in [3.05, 3.63) is 59.9 Å². The lowest BCUT2D eigenvalue weighted by Crippen LogP contribution is -2.44. The van der Waals surface area contributed by atoms with E-state index in [1.54, 1.807) is 0 Å². The van der Waals surface area contributed by atoms with Gasteiger partial charge in [-0.05, 0) is 56.3 Å². The topological polar surface area (TPSA) is 68.7 Å². The molecule has 1 aliphatic rings. The van der Waals surface area contributed by atoms with Gasteiger partial charge < -0.3 is 15.2 Å². The molecule has 1 aliphatic heterocycles. The van der Waals surface area contributed by atoms with Crippen molar-refractivity contribution in [1.29, 1.82) is 0 Å². The maximum Gasteiger partial charge on any atom is 0.160 e. The average molecular weight is 444 g/mol. The number of hydrogen-bond donors (Lipinski definition) is 2. The summed E-state index contributed by atoms with van der Waals surface area (Å²) in [5, 5.41) is 2.45. The van der Waals surface area contributed by atoms with Gasteiger partial charge in [0.25, 0.3) is 0 Å². The average Bonchev–Trinajstić information content (AvgIpc) is 2.81. The Kier molecular flexibility index (Phi) is 7.32. The van der Waals surface area contributed by atoms with Crippen LogP contribution in [0.5, 0.6) is 0 Å². The van der Waals surface area contributed by atoms with Gasteiger partial charge in [-0.25, -0.2) is 20.4 Å². The third-order valence-corrected chi connectivity index (χ3v) is 5.57. The van der Waals surface area contributed by atoms with Gasteiger partial charge in [-0.15, -0.1) is 0 Å². The van der Waals surface area contributed by atoms with Crippen molar-refractivity contribution in [2.45, 2.75) is 26.8 Å². The molecule has 2 N–H and O–H groups in total. The number of benzene rings is 2. The summed E-state index contributed by atoms with van der Waals surface area (Å²) in [4.78, 5) is 18.9. The summed E-state index contributed by atoms with van der Waals surface area (Å²) in [6.07, 6.45) is 4.03. The van der Waals surface area contributed by atoms with Crippen LogP contribution < -0.4 is 15.8 Å². The van der Waals surface area contributed by atoms with E-state index in [-0.39, 0.29) is 0 Å². The summed E-state index contributed by atoms with van der Waals surface area (Å²) >= 11 is 0. The zero-order valence-corrected chi connectivity index (χ0v) is 19.9. The number of aliphatic imine (C=N–C) groups is 1. The van der Waals surface area contributed by atoms with Gasteiger partial charge in [-0.1, -0.05) is 42.5 Å². The van der Waals surface area contributed by atoms with Gasteiger partial charge in [0.15, 0.2) is 11.6 Å². The fraction of sp³-hybridized carbons (Fsp3) is 0.346. The zero-order chi connectivity index (χ0) is 23.2. The van der Waals surface area contributed by atoms with Crippen LogP contribution >= 0.6 is 0 Å². The molecule has 0 amide bonds. The Balaban J connectivity index is 1.62. The largest absolute Gasteiger partial charge is 0.354 e. The standard InChI is InChI=1S/C26H33N7/c1-19(2)30-31-20(3)27-25-18-26(33-15-13-32(4)14-16-33)29-24(28-25)12-10-21-9-11-22-7-5-6-8-23(22)17-21/h5-12,17-19,30H,13-16H2,1-4H3,(H,27,28,29,31)/b12-10+. The number of anilines is 1. The van der Waals surface area contributed by atoms with Gasteiger partial charge in [0, 0.05) is 38.3 Å². The van der Waals surface area contributed by atoms with Crippen LogP contribution in [0.2, 0.25) is 0 Å². The fourth-order valence-electron chi connectivity index (χ4n) is 3.70. The van der Waals surface area contributed by atoms with Crippen LogP contribution in [0, 0.1) is 0 Å². The van der Waals surface area contributed by atoms with Gasteiger partial charge in [-0.3, -0.25) is 0 Å². The molecule has 7 heteroatoms. The van der Waals surface area contributed by atoms with E-state index in [0.29, 0.717) is 17.7 Å². The number of hydrogen-bond acceptors (Lipinski definition) is 6. The first-order valence-electron chi connectivity index (χ1n) is 11.5. The van der Waals surface area contributed by atoms with Crippen molar-refractivity contribution in [2.75, 3.05) is 38.1 Å². The minimum atomic E-state index is 0.307. The Morgan fingerprint density at radius 1 is 0.970 bits per heavy atom. The maximum atomic E-state index is 4.85. The molecule has 0 aliphatic carbocycles. The van der Waals surface area contributed by atoms with Crippen LogP contribution in [0.25, 0.3) is 22.9 Å². The molecule has 0 saturated carbocycles. The van der Waals surface area contributed by atoms with Crippen LogP contribution in [0.4, 0.5) is 11.6 Å². The number of aromatic nitrogens is 2. The molecular weight excluding hydrogens is 410 g/mol. The second-order valence-electron chi connectivity index (χ2n) is 8.79. The highest BCUT2D eigenvalue weighted by molar-refractivity contribution is 5.86. The highest BCUT2D eigenvalue weighted by Crippen LogP contribution is 2.22. The molecule has 0 bridgehead atoms. The van der Waals surface area contributed by atoms with Gasteiger partial charge in [0.1, 0.15) is 11.7 Å². The predicted molar refractivity (Wildman–Crippen MR) is 139 cm³/mol. The lowest BCUT2D eigenvalue weighted by atomic mass is 10.1. The SMILES string of the molecule is C/C(=N\c1cc(N2CCN(C)CC2)nc(/C=C/c2ccc3ccccc3c2)n1)NNC(C)C. The third-order valence-electron chi connectivity index (χ3n) is 5.57. The van der Waals surface area contributed by atoms with E-state index in [9.17, 15) is 0 Å². The number of nitrogens with zero attached hydrogens (tertiary/aromatic N) is 5. The van der Waals surface area contributed by atoms with Crippen LogP contribution in [0.3, 0.4) is 0 Å². The Bertz CT molecular complexity index is 1140. The molecule has 2 aromatic carbocycles. The molecule has 0 atom stereocenters. The van der Waals surface area contributed by atoms with Crippen molar-refractivity contribution in [3.8, 4) is 0 Å². The molecule has 4 rings (SSSR count). The van der Waals surface area contributed by atoms with Crippen LogP contribution in [-0.4, -0.2) is 60.0 Å². The minimum Gasteiger partial charge on any atom is -0.354 e. The van der Waals surface area contributed by atoms with Crippen LogP contribution in [0.15, 0.2) is 53.5 Å². The summed E-state index contributed by atoms with van der Waals surface area (Å²) in [7, 11) is 2.15. The lowest BCUT2D eigenvalue weighted by Gasteiger charge is -2.33. The minimum absolute atomic E-state index is 0.307. The molecule has 0 radical (unpaired) electrons. The predicted octanol–water partition coefficient (Wildman–Crippen LogP) is 4.10. The first-order chi connectivity index (χ1) is 16.0. The molecule has 2 heterocycles. The van der Waals surface area contributed by atoms with E-state index in [0.717, 1.165) is 43.4 Å². The Morgan fingerprint density at radius 2 is 1.73 bits per heavy atom. The third kappa shape index (κ3) is 6.37. The number of nitrogens with one attached hydrogen (secondary N) is 2. The highest BCUT2D eigenvalue weighted by Gasteiger charge is 2.17. The van der Waals surface area contributed by atoms with E-state index < -0.39 is 0 Å². The van der Waals surface area contributed by atoms with Crippen LogP contribution in [0.1, 0.15) is 32.2 Å². The number of fused-ring (bicyclic) bond motifs is 1. The molecule has 0 unspecified atom stereocenters. The van der Waals surface area contributed by atoms with E-state index >= 15 is 0 Å². The molecule has 1 saturated heterocycles. The molecule has 1 aromatic heterocycles. The first-order valence-corrected chi connectivity index (χ1v) is 11.5. The molecule has 33 heavy (non-hydrogen) atoms. The first kappa shape index (κ1) is 22.9. The smallest absolute Gasteiger partial charge is 0.160 e. The Hall–Kier alpha value is -3.29. The second kappa shape index (κ2) is 10.6. The highest BCUT2D eigenvalue weighted by atomic mass is 15.4. The number of amidine groups is 1. The fourth-order valence-corrected chi connectivity index (χ4v) is 3.70. The van der Waals surface area contributed by atoms with E-state index in [1.807, 2.05) is 19.1 Å². The van der Waals surface area contributed by atoms with Crippen molar-refractivity contribution in [2.24, 2.45) is 4.99 Å². The van der Waals surface area contributed by atoms with E-state index in [4.69, 9.17) is 9.97 Å². The molecule has 3 aromatic rings. The summed E-state index contributed by atoms with van der Waals surface area (Å²) in [5.74, 6) is 2.98. The van der Waals surface area contributed by atoms with Gasteiger partial charge >= 0.3 is 0 Å². The van der Waals surface area contributed by atoms with Gasteiger partial charge in [0.05, 0.1) is 0 Å². The molecule has 1 fully saturated rings. The van der Waals surface area contributed by atoms with Crippen molar-refractivity contribution >= 4 is 40.4 Å². The lowest BCUT2D eigenvalue weighted by molar-refractivity contribution is 0.312. The molecule has 172 valence electrons. The zero-order valence-electron chi connectivity index (χ0n) is 19.9. The molecule has 7 nitrogen and oxygen atoms in total. The summed E-state index contributed by atoms with van der Waals surface area (Å²) in [6.45, 7) is 10.00. The number of piperazine rings is 1. The summed E-state index contributed by atoms with van der Waals surface area (Å²) < 4.78 is 0. The number of likely N-dealkylation sites (N-methyl/N-ethyl adjacent to an activating group) is 1. The van der Waals surface area contributed by atoms with Crippen molar-refractivity contribution < 1.29 is 0 Å². The summed E-state index contributed by atoms with van der Waals surface area (Å²) in [6, 6.07) is 17.1. The monoisotopic (exact) mass is 443 g/mol. The Morgan fingerprint density at radius 3 is 2.48 bits per heavy atom. The number of hydrazine groups is 1.